The molecular weight excluding hydrogens is 332 g/mol. The van der Waals surface area contributed by atoms with E-state index in [1.807, 2.05) is 36.4 Å². The molecule has 21 heavy (non-hydrogen) atoms. The number of halogens is 1. The number of nitrogens with zero attached hydrogens (tertiary/aromatic N) is 2. The number of aliphatic hydroxyl groups is 1. The Hall–Kier alpha value is -1.98. The van der Waals surface area contributed by atoms with Crippen LogP contribution in [0.1, 0.15) is 11.7 Å². The molecule has 0 saturated heterocycles. The number of hydrogen-bond acceptors (Lipinski definition) is 3. The minimum Gasteiger partial charge on any atom is -0.387 e. The fraction of sp³-hybridized carbons (Fsp3) is 0.125. The van der Waals surface area contributed by atoms with Gasteiger partial charge in [0.15, 0.2) is 0 Å². The molecule has 1 atom stereocenters. The highest BCUT2D eigenvalue weighted by Gasteiger charge is 2.11. The van der Waals surface area contributed by atoms with E-state index in [1.54, 1.807) is 12.1 Å². The Bertz CT molecular complexity index is 831. The minimum atomic E-state index is -0.740. The smallest absolute Gasteiger partial charge is 0.261 e. The van der Waals surface area contributed by atoms with Gasteiger partial charge in [-0.05, 0) is 23.8 Å². The van der Waals surface area contributed by atoms with E-state index in [9.17, 15) is 9.90 Å². The average Bonchev–Trinajstić information content (AvgIpc) is 2.51. The highest BCUT2D eigenvalue weighted by Crippen LogP contribution is 2.16. The minimum absolute atomic E-state index is 0.156. The number of aromatic nitrogens is 2. The van der Waals surface area contributed by atoms with Crippen LogP contribution in [0, 0.1) is 0 Å². The average molecular weight is 345 g/mol. The van der Waals surface area contributed by atoms with Crippen molar-refractivity contribution >= 4 is 26.8 Å². The van der Waals surface area contributed by atoms with Crippen LogP contribution < -0.4 is 5.56 Å². The van der Waals surface area contributed by atoms with Gasteiger partial charge in [-0.15, -0.1) is 0 Å². The summed E-state index contributed by atoms with van der Waals surface area (Å²) in [6, 6.07) is 14.7. The van der Waals surface area contributed by atoms with Crippen molar-refractivity contribution in [3.05, 3.63) is 75.2 Å². The van der Waals surface area contributed by atoms with Crippen LogP contribution in [0.25, 0.3) is 10.9 Å². The summed E-state index contributed by atoms with van der Waals surface area (Å²) < 4.78 is 2.27. The van der Waals surface area contributed by atoms with Crippen molar-refractivity contribution in [3.8, 4) is 0 Å². The summed E-state index contributed by atoms with van der Waals surface area (Å²) in [6.45, 7) is 0.179. The van der Waals surface area contributed by atoms with Crippen molar-refractivity contribution in [2.45, 2.75) is 12.6 Å². The van der Waals surface area contributed by atoms with E-state index >= 15 is 0 Å². The molecule has 0 aliphatic heterocycles. The van der Waals surface area contributed by atoms with E-state index in [-0.39, 0.29) is 12.1 Å². The first-order valence-corrected chi connectivity index (χ1v) is 7.32. The summed E-state index contributed by atoms with van der Waals surface area (Å²) in [4.78, 5) is 16.7. The van der Waals surface area contributed by atoms with Crippen LogP contribution in [0.15, 0.2) is 64.1 Å². The molecule has 0 saturated carbocycles. The van der Waals surface area contributed by atoms with Gasteiger partial charge in [0.1, 0.15) is 0 Å². The summed E-state index contributed by atoms with van der Waals surface area (Å²) >= 11 is 3.35. The second-order valence-corrected chi connectivity index (χ2v) is 5.71. The van der Waals surface area contributed by atoms with Gasteiger partial charge in [-0.25, -0.2) is 4.98 Å². The summed E-state index contributed by atoms with van der Waals surface area (Å²) in [5.41, 5.74) is 1.27. The van der Waals surface area contributed by atoms with Crippen molar-refractivity contribution in [2.75, 3.05) is 0 Å². The van der Waals surface area contributed by atoms with Gasteiger partial charge < -0.3 is 5.11 Å². The fourth-order valence-corrected chi connectivity index (χ4v) is 2.59. The Morgan fingerprint density at radius 2 is 1.95 bits per heavy atom. The predicted molar refractivity (Wildman–Crippen MR) is 85.1 cm³/mol. The van der Waals surface area contributed by atoms with Gasteiger partial charge in [0.2, 0.25) is 0 Å². The molecular formula is C16H13BrN2O2. The first-order chi connectivity index (χ1) is 10.1. The number of fused-ring (bicyclic) bond motifs is 1. The van der Waals surface area contributed by atoms with E-state index in [4.69, 9.17) is 0 Å². The maximum atomic E-state index is 12.4. The Morgan fingerprint density at radius 3 is 2.71 bits per heavy atom. The zero-order valence-corrected chi connectivity index (χ0v) is 12.7. The molecule has 1 heterocycles. The summed E-state index contributed by atoms with van der Waals surface area (Å²) in [5, 5.41) is 10.8. The summed E-state index contributed by atoms with van der Waals surface area (Å²) in [7, 11) is 0. The molecule has 0 bridgehead atoms. The second kappa shape index (κ2) is 5.79. The highest BCUT2D eigenvalue weighted by atomic mass is 79.9. The summed E-state index contributed by atoms with van der Waals surface area (Å²) in [5.74, 6) is 0. The lowest BCUT2D eigenvalue weighted by molar-refractivity contribution is 0.155. The molecule has 1 aromatic heterocycles. The SMILES string of the molecule is O=c1c2cc(Br)ccc2ncn1C[C@@H](O)c1ccccc1. The lowest BCUT2D eigenvalue weighted by atomic mass is 10.1. The molecule has 106 valence electrons. The topological polar surface area (TPSA) is 55.1 Å². The molecule has 0 aliphatic rings. The highest BCUT2D eigenvalue weighted by molar-refractivity contribution is 9.10. The third-order valence-electron chi connectivity index (χ3n) is 3.34. The first-order valence-electron chi connectivity index (χ1n) is 6.53. The van der Waals surface area contributed by atoms with Gasteiger partial charge in [0.05, 0.1) is 29.9 Å². The van der Waals surface area contributed by atoms with Gasteiger partial charge in [-0.3, -0.25) is 9.36 Å². The first kappa shape index (κ1) is 14.0. The van der Waals surface area contributed by atoms with E-state index in [1.165, 1.54) is 10.9 Å². The van der Waals surface area contributed by atoms with E-state index in [0.717, 1.165) is 10.0 Å². The molecule has 5 heteroatoms. The van der Waals surface area contributed by atoms with Gasteiger partial charge in [-0.2, -0.15) is 0 Å². The normalized spacial score (nSPS) is 12.5. The van der Waals surface area contributed by atoms with Gasteiger partial charge >= 0.3 is 0 Å². The molecule has 0 aliphatic carbocycles. The van der Waals surface area contributed by atoms with E-state index in [2.05, 4.69) is 20.9 Å². The Balaban J connectivity index is 1.98. The quantitative estimate of drug-likeness (QED) is 0.794. The van der Waals surface area contributed by atoms with Gasteiger partial charge in [-0.1, -0.05) is 46.3 Å². The Labute approximate surface area is 129 Å². The molecule has 0 amide bonds. The molecule has 4 nitrogen and oxygen atoms in total. The standard InChI is InChI=1S/C16H13BrN2O2/c17-12-6-7-14-13(8-12)16(21)19(10-18-14)9-15(20)11-4-2-1-3-5-11/h1-8,10,15,20H,9H2/t15-/m1/s1. The van der Waals surface area contributed by atoms with E-state index < -0.39 is 6.10 Å². The number of hydrogen-bond donors (Lipinski definition) is 1. The zero-order chi connectivity index (χ0) is 14.8. The van der Waals surface area contributed by atoms with Crippen LogP contribution in [0.3, 0.4) is 0 Å². The predicted octanol–water partition coefficient (Wildman–Crippen LogP) is 2.89. The zero-order valence-electron chi connectivity index (χ0n) is 11.1. The lowest BCUT2D eigenvalue weighted by Crippen LogP contribution is -2.23. The molecule has 3 aromatic rings. The molecule has 0 fully saturated rings. The second-order valence-electron chi connectivity index (χ2n) is 4.79. The number of benzene rings is 2. The van der Waals surface area contributed by atoms with Gasteiger partial charge in [0, 0.05) is 4.47 Å². The van der Waals surface area contributed by atoms with Crippen LogP contribution in [-0.2, 0) is 6.54 Å². The molecule has 1 N–H and O–H groups in total. The number of aliphatic hydroxyl groups excluding tert-OH is 1. The molecule has 0 unspecified atom stereocenters. The molecule has 3 rings (SSSR count). The van der Waals surface area contributed by atoms with Crippen LogP contribution in [-0.4, -0.2) is 14.7 Å². The van der Waals surface area contributed by atoms with Crippen molar-refractivity contribution in [1.82, 2.24) is 9.55 Å². The molecule has 2 aromatic carbocycles. The van der Waals surface area contributed by atoms with Crippen molar-refractivity contribution < 1.29 is 5.11 Å². The van der Waals surface area contributed by atoms with Gasteiger partial charge in [0.25, 0.3) is 5.56 Å². The van der Waals surface area contributed by atoms with Crippen LogP contribution in [0.5, 0.6) is 0 Å². The monoisotopic (exact) mass is 344 g/mol. The van der Waals surface area contributed by atoms with Crippen molar-refractivity contribution in [3.63, 3.8) is 0 Å². The lowest BCUT2D eigenvalue weighted by Gasteiger charge is -2.13. The van der Waals surface area contributed by atoms with E-state index in [0.29, 0.717) is 10.9 Å². The van der Waals surface area contributed by atoms with Crippen molar-refractivity contribution in [2.24, 2.45) is 0 Å². The third-order valence-corrected chi connectivity index (χ3v) is 3.83. The van der Waals surface area contributed by atoms with Crippen molar-refractivity contribution in [1.29, 1.82) is 0 Å². The number of rotatable bonds is 3. The fourth-order valence-electron chi connectivity index (χ4n) is 2.23. The maximum absolute atomic E-state index is 12.4. The van der Waals surface area contributed by atoms with Crippen LogP contribution >= 0.6 is 15.9 Å². The summed E-state index contributed by atoms with van der Waals surface area (Å²) in [6.07, 6.45) is 0.736. The maximum Gasteiger partial charge on any atom is 0.261 e. The molecule has 0 radical (unpaired) electrons. The molecule has 0 spiro atoms. The third kappa shape index (κ3) is 2.89. The Kier molecular flexibility index (Phi) is 3.86. The van der Waals surface area contributed by atoms with Crippen LogP contribution in [0.2, 0.25) is 0 Å². The Morgan fingerprint density at radius 1 is 1.19 bits per heavy atom. The van der Waals surface area contributed by atoms with Crippen LogP contribution in [0.4, 0.5) is 0 Å². The largest absolute Gasteiger partial charge is 0.387 e.